The van der Waals surface area contributed by atoms with Gasteiger partial charge in [0.05, 0.1) is 0 Å². The van der Waals surface area contributed by atoms with Crippen molar-refractivity contribution in [3.63, 3.8) is 0 Å². The maximum Gasteiger partial charge on any atom is 0.0336 e. The van der Waals surface area contributed by atoms with Crippen LogP contribution in [0.5, 0.6) is 0 Å². The van der Waals surface area contributed by atoms with E-state index < -0.39 is 0 Å². The van der Waals surface area contributed by atoms with Crippen molar-refractivity contribution in [1.29, 1.82) is 0 Å². The van der Waals surface area contributed by atoms with E-state index >= 15 is 0 Å². The molecule has 0 saturated heterocycles. The molecule has 0 aromatic heterocycles. The van der Waals surface area contributed by atoms with Crippen molar-refractivity contribution in [2.24, 2.45) is 0 Å². The molecule has 0 saturated carbocycles. The van der Waals surface area contributed by atoms with Gasteiger partial charge in [-0.2, -0.15) is 0 Å². The van der Waals surface area contributed by atoms with E-state index in [0.29, 0.717) is 5.38 Å². The molecular formula is C18H36Cl2. The first-order valence-electron chi connectivity index (χ1n) is 9.01. The lowest BCUT2D eigenvalue weighted by atomic mass is 10.0. The van der Waals surface area contributed by atoms with Crippen molar-refractivity contribution < 1.29 is 0 Å². The lowest BCUT2D eigenvalue weighted by Crippen LogP contribution is -1.98. The van der Waals surface area contributed by atoms with Crippen molar-refractivity contribution in [3.05, 3.63) is 0 Å². The fourth-order valence-corrected chi connectivity index (χ4v) is 3.13. The molecule has 0 spiro atoms. The Kier molecular flexibility index (Phi) is 18.1. The van der Waals surface area contributed by atoms with Crippen LogP contribution in [0.2, 0.25) is 0 Å². The molecule has 0 rings (SSSR count). The molecule has 0 amide bonds. The van der Waals surface area contributed by atoms with Crippen molar-refractivity contribution in [2.75, 3.05) is 5.88 Å². The average molecular weight is 323 g/mol. The van der Waals surface area contributed by atoms with Crippen LogP contribution in [0.15, 0.2) is 0 Å². The summed E-state index contributed by atoms with van der Waals surface area (Å²) < 4.78 is 0. The van der Waals surface area contributed by atoms with E-state index in [4.69, 9.17) is 23.2 Å². The van der Waals surface area contributed by atoms with Gasteiger partial charge in [-0.1, -0.05) is 84.0 Å². The van der Waals surface area contributed by atoms with Gasteiger partial charge in [-0.15, -0.1) is 23.2 Å². The zero-order chi connectivity index (χ0) is 14.9. The van der Waals surface area contributed by atoms with Crippen LogP contribution in [0.1, 0.15) is 103 Å². The largest absolute Gasteiger partial charge is 0.127 e. The maximum absolute atomic E-state index is 6.39. The molecular weight excluding hydrogens is 287 g/mol. The van der Waals surface area contributed by atoms with E-state index in [1.807, 2.05) is 0 Å². The predicted molar refractivity (Wildman–Crippen MR) is 95.3 cm³/mol. The standard InChI is InChI=1S/C18H36Cl2/c1-2-3-4-5-9-12-15-18(20)16-13-10-7-6-8-11-14-17-19/h18H,2-17H2,1H3. The van der Waals surface area contributed by atoms with Gasteiger partial charge in [-0.3, -0.25) is 0 Å². The second-order valence-corrected chi connectivity index (χ2v) is 7.10. The topological polar surface area (TPSA) is 0 Å². The summed E-state index contributed by atoms with van der Waals surface area (Å²) in [5, 5.41) is 0.428. The predicted octanol–water partition coefficient (Wildman–Crippen LogP) is 7.70. The van der Waals surface area contributed by atoms with Gasteiger partial charge in [0, 0.05) is 11.3 Å². The van der Waals surface area contributed by atoms with Crippen LogP contribution in [0, 0.1) is 0 Å². The molecule has 0 aromatic rings. The Labute approximate surface area is 138 Å². The van der Waals surface area contributed by atoms with E-state index in [-0.39, 0.29) is 0 Å². The highest BCUT2D eigenvalue weighted by Crippen LogP contribution is 2.18. The Bertz CT molecular complexity index is 171. The third-order valence-electron chi connectivity index (χ3n) is 4.02. The summed E-state index contributed by atoms with van der Waals surface area (Å²) in [6, 6.07) is 0. The zero-order valence-corrected chi connectivity index (χ0v) is 15.2. The lowest BCUT2D eigenvalue weighted by Gasteiger charge is -2.09. The molecule has 0 N–H and O–H groups in total. The van der Waals surface area contributed by atoms with E-state index in [1.165, 1.54) is 96.3 Å². The molecule has 0 heterocycles. The molecule has 0 aliphatic carbocycles. The van der Waals surface area contributed by atoms with Gasteiger partial charge in [0.25, 0.3) is 0 Å². The van der Waals surface area contributed by atoms with E-state index in [0.717, 1.165) is 5.88 Å². The molecule has 0 nitrogen and oxygen atoms in total. The van der Waals surface area contributed by atoms with Gasteiger partial charge in [0.2, 0.25) is 0 Å². The number of hydrogen-bond donors (Lipinski definition) is 0. The van der Waals surface area contributed by atoms with Crippen molar-refractivity contribution >= 4 is 23.2 Å². The number of rotatable bonds is 16. The second kappa shape index (κ2) is 17.6. The summed E-state index contributed by atoms with van der Waals surface area (Å²) in [6.07, 6.45) is 20.0. The Morgan fingerprint density at radius 1 is 0.600 bits per heavy atom. The molecule has 0 radical (unpaired) electrons. The molecule has 2 heteroatoms. The number of unbranched alkanes of at least 4 members (excludes halogenated alkanes) is 11. The summed E-state index contributed by atoms with van der Waals surface area (Å²) in [7, 11) is 0. The van der Waals surface area contributed by atoms with Crippen LogP contribution < -0.4 is 0 Å². The van der Waals surface area contributed by atoms with Crippen LogP contribution in [0.25, 0.3) is 0 Å². The van der Waals surface area contributed by atoms with Crippen molar-refractivity contribution in [2.45, 2.75) is 109 Å². The average Bonchev–Trinajstić information content (AvgIpc) is 2.45. The fourth-order valence-electron chi connectivity index (χ4n) is 2.63. The fraction of sp³-hybridized carbons (Fsp3) is 1.00. The van der Waals surface area contributed by atoms with Crippen LogP contribution in [0.4, 0.5) is 0 Å². The van der Waals surface area contributed by atoms with E-state index in [1.54, 1.807) is 0 Å². The summed E-state index contributed by atoms with van der Waals surface area (Å²) in [6.45, 7) is 2.27. The highest BCUT2D eigenvalue weighted by Gasteiger charge is 2.04. The first kappa shape index (κ1) is 20.6. The number of halogens is 2. The highest BCUT2D eigenvalue weighted by atomic mass is 35.5. The summed E-state index contributed by atoms with van der Waals surface area (Å²) >= 11 is 12.0. The Balaban J connectivity index is 3.10. The van der Waals surface area contributed by atoms with Gasteiger partial charge in [0.15, 0.2) is 0 Å². The Morgan fingerprint density at radius 2 is 1.00 bits per heavy atom. The van der Waals surface area contributed by atoms with Gasteiger partial charge in [-0.05, 0) is 19.3 Å². The van der Waals surface area contributed by atoms with Crippen LogP contribution >= 0.6 is 23.2 Å². The summed E-state index contributed by atoms with van der Waals surface area (Å²) in [5.41, 5.74) is 0. The van der Waals surface area contributed by atoms with Crippen molar-refractivity contribution in [3.8, 4) is 0 Å². The molecule has 0 aromatic carbocycles. The molecule has 0 bridgehead atoms. The van der Waals surface area contributed by atoms with Crippen LogP contribution in [0.3, 0.4) is 0 Å². The minimum Gasteiger partial charge on any atom is -0.127 e. The zero-order valence-electron chi connectivity index (χ0n) is 13.6. The minimum atomic E-state index is 0.428. The molecule has 0 aliphatic rings. The molecule has 122 valence electrons. The third-order valence-corrected chi connectivity index (χ3v) is 4.73. The van der Waals surface area contributed by atoms with Crippen molar-refractivity contribution in [1.82, 2.24) is 0 Å². The van der Waals surface area contributed by atoms with Gasteiger partial charge < -0.3 is 0 Å². The molecule has 1 atom stereocenters. The first-order valence-corrected chi connectivity index (χ1v) is 9.98. The maximum atomic E-state index is 6.39. The van der Waals surface area contributed by atoms with E-state index in [9.17, 15) is 0 Å². The SMILES string of the molecule is CCCCCCCCC(Cl)CCCCCCCCCCl. The quantitative estimate of drug-likeness (QED) is 0.201. The second-order valence-electron chi connectivity index (χ2n) is 6.11. The Morgan fingerprint density at radius 3 is 1.45 bits per heavy atom. The Hall–Kier alpha value is 0.580. The van der Waals surface area contributed by atoms with Crippen LogP contribution in [-0.2, 0) is 0 Å². The first-order chi connectivity index (χ1) is 9.81. The van der Waals surface area contributed by atoms with Gasteiger partial charge in [-0.25, -0.2) is 0 Å². The minimum absolute atomic E-state index is 0.428. The normalized spacial score (nSPS) is 12.8. The number of alkyl halides is 2. The smallest absolute Gasteiger partial charge is 0.0336 e. The van der Waals surface area contributed by atoms with E-state index in [2.05, 4.69) is 6.92 Å². The number of hydrogen-bond acceptors (Lipinski definition) is 0. The summed E-state index contributed by atoms with van der Waals surface area (Å²) in [5.74, 6) is 0.826. The lowest BCUT2D eigenvalue weighted by molar-refractivity contribution is 0.535. The highest BCUT2D eigenvalue weighted by molar-refractivity contribution is 6.20. The molecule has 1 unspecified atom stereocenters. The molecule has 20 heavy (non-hydrogen) atoms. The summed E-state index contributed by atoms with van der Waals surface area (Å²) in [4.78, 5) is 0. The van der Waals surface area contributed by atoms with Gasteiger partial charge in [0.1, 0.15) is 0 Å². The van der Waals surface area contributed by atoms with Crippen LogP contribution in [-0.4, -0.2) is 11.3 Å². The molecule has 0 fully saturated rings. The molecule has 0 aliphatic heterocycles. The third kappa shape index (κ3) is 16.6. The van der Waals surface area contributed by atoms with Gasteiger partial charge >= 0.3 is 0 Å². The monoisotopic (exact) mass is 322 g/mol.